The molecule has 0 unspecified atom stereocenters. The predicted octanol–water partition coefficient (Wildman–Crippen LogP) is 11.5. The molecule has 0 N–H and O–H groups in total. The fraction of sp³-hybridized carbons (Fsp3) is 0.273. The Labute approximate surface area is 290 Å². The number of aromatic nitrogens is 4. The van der Waals surface area contributed by atoms with Gasteiger partial charge < -0.3 is 4.74 Å². The van der Waals surface area contributed by atoms with Crippen molar-refractivity contribution in [3.63, 3.8) is 0 Å². The van der Waals surface area contributed by atoms with Gasteiger partial charge in [-0.2, -0.15) is 5.10 Å². The summed E-state index contributed by atoms with van der Waals surface area (Å²) < 4.78 is 11.0. The Kier molecular flexibility index (Phi) is 9.34. The number of benzene rings is 4. The van der Waals surface area contributed by atoms with Crippen molar-refractivity contribution in [3.8, 4) is 34.1 Å². The molecule has 7 rings (SSSR count). The van der Waals surface area contributed by atoms with E-state index in [0.717, 1.165) is 78.1 Å². The Hall–Kier alpha value is -5.16. The largest absolute Gasteiger partial charge is 0.457 e. The minimum Gasteiger partial charge on any atom is -0.457 e. The standard InChI is InChI=1S/C44H46N4O/c1-6-9-13-31-23-36(47-29-35(28-46-47)44-33(7-2)14-12-15-34(44)8-3)26-38(24-31)49-37-18-19-40-39-16-10-11-17-41(39)48(42(40)27-37)43-25-32(20-21-45-43)22-30(4)5/h10-12,14-21,23-30H,6-9,13,22H2,1-5H3. The van der Waals surface area contributed by atoms with Gasteiger partial charge in [-0.25, -0.2) is 9.67 Å². The van der Waals surface area contributed by atoms with Crippen LogP contribution in [0.4, 0.5) is 0 Å². The molecule has 248 valence electrons. The third-order valence-corrected chi connectivity index (χ3v) is 9.47. The maximum atomic E-state index is 6.72. The van der Waals surface area contributed by atoms with E-state index in [2.05, 4.69) is 136 Å². The molecule has 0 saturated heterocycles. The van der Waals surface area contributed by atoms with Crippen LogP contribution >= 0.6 is 0 Å². The molecule has 0 aliphatic carbocycles. The molecule has 3 heterocycles. The molecule has 0 spiro atoms. The number of hydrogen-bond donors (Lipinski definition) is 0. The lowest BCUT2D eigenvalue weighted by atomic mass is 9.94. The number of unbranched alkanes of at least 4 members (excludes halogenated alkanes) is 1. The topological polar surface area (TPSA) is 44.9 Å². The van der Waals surface area contributed by atoms with Crippen molar-refractivity contribution < 1.29 is 4.74 Å². The molecule has 5 nitrogen and oxygen atoms in total. The summed E-state index contributed by atoms with van der Waals surface area (Å²) in [6.45, 7) is 11.2. The molecule has 0 amide bonds. The van der Waals surface area contributed by atoms with Crippen LogP contribution in [0, 0.1) is 5.92 Å². The molecular weight excluding hydrogens is 601 g/mol. The first-order chi connectivity index (χ1) is 23.9. The number of fused-ring (bicyclic) bond motifs is 3. The highest BCUT2D eigenvalue weighted by atomic mass is 16.5. The summed E-state index contributed by atoms with van der Waals surface area (Å²) in [5.41, 5.74) is 10.9. The molecule has 0 saturated carbocycles. The number of hydrogen-bond acceptors (Lipinski definition) is 3. The quantitative estimate of drug-likeness (QED) is 0.133. The molecule has 0 bridgehead atoms. The predicted molar refractivity (Wildman–Crippen MR) is 204 cm³/mol. The normalized spacial score (nSPS) is 11.6. The van der Waals surface area contributed by atoms with Crippen molar-refractivity contribution in [1.29, 1.82) is 0 Å². The van der Waals surface area contributed by atoms with Gasteiger partial charge in [-0.1, -0.05) is 77.4 Å². The van der Waals surface area contributed by atoms with Gasteiger partial charge in [-0.05, 0) is 108 Å². The number of nitrogens with zero attached hydrogens (tertiary/aromatic N) is 4. The van der Waals surface area contributed by atoms with Crippen molar-refractivity contribution in [1.82, 2.24) is 19.3 Å². The molecule has 0 aliphatic heterocycles. The van der Waals surface area contributed by atoms with Crippen LogP contribution < -0.4 is 4.74 Å². The molecule has 0 atom stereocenters. The molecule has 5 heteroatoms. The zero-order chi connectivity index (χ0) is 33.9. The Bertz CT molecular complexity index is 2220. The van der Waals surface area contributed by atoms with Gasteiger partial charge >= 0.3 is 0 Å². The van der Waals surface area contributed by atoms with Crippen LogP contribution in [0.1, 0.15) is 69.7 Å². The summed E-state index contributed by atoms with van der Waals surface area (Å²) in [5.74, 6) is 3.10. The van der Waals surface area contributed by atoms with E-state index in [9.17, 15) is 0 Å². The summed E-state index contributed by atoms with van der Waals surface area (Å²) in [4.78, 5) is 4.85. The molecule has 0 fully saturated rings. The van der Waals surface area contributed by atoms with E-state index in [1.807, 2.05) is 17.1 Å². The van der Waals surface area contributed by atoms with Crippen LogP contribution in [-0.4, -0.2) is 19.3 Å². The number of ether oxygens (including phenoxy) is 1. The van der Waals surface area contributed by atoms with E-state index in [0.29, 0.717) is 5.92 Å². The van der Waals surface area contributed by atoms with E-state index in [1.54, 1.807) is 0 Å². The average Bonchev–Trinajstić information content (AvgIpc) is 3.73. The molecular formula is C44H46N4O. The van der Waals surface area contributed by atoms with Crippen LogP contribution in [0.3, 0.4) is 0 Å². The highest BCUT2D eigenvalue weighted by molar-refractivity contribution is 6.09. The number of para-hydroxylation sites is 1. The van der Waals surface area contributed by atoms with Gasteiger partial charge in [-0.15, -0.1) is 0 Å². The van der Waals surface area contributed by atoms with Crippen LogP contribution in [0.5, 0.6) is 11.5 Å². The molecule has 49 heavy (non-hydrogen) atoms. The van der Waals surface area contributed by atoms with E-state index >= 15 is 0 Å². The lowest BCUT2D eigenvalue weighted by molar-refractivity contribution is 0.482. The SMILES string of the molecule is CCCCc1cc(Oc2ccc3c4ccccc4n(-c4cc(CC(C)C)ccn4)c3c2)cc(-n2cc(-c3c(CC)cccc3CC)cn2)c1. The first-order valence-corrected chi connectivity index (χ1v) is 17.9. The first kappa shape index (κ1) is 32.4. The second kappa shape index (κ2) is 14.1. The van der Waals surface area contributed by atoms with E-state index in [1.165, 1.54) is 38.6 Å². The van der Waals surface area contributed by atoms with Crippen molar-refractivity contribution in [2.75, 3.05) is 0 Å². The van der Waals surface area contributed by atoms with Gasteiger partial charge in [0.05, 0.1) is 22.9 Å². The highest BCUT2D eigenvalue weighted by Crippen LogP contribution is 2.36. The molecule has 0 aliphatic rings. The van der Waals surface area contributed by atoms with Gasteiger partial charge in [0.15, 0.2) is 0 Å². The van der Waals surface area contributed by atoms with Crippen molar-refractivity contribution in [3.05, 3.63) is 132 Å². The van der Waals surface area contributed by atoms with Gasteiger partial charge in [0.2, 0.25) is 0 Å². The molecule has 3 aromatic heterocycles. The Morgan fingerprint density at radius 1 is 0.735 bits per heavy atom. The lowest BCUT2D eigenvalue weighted by Crippen LogP contribution is -2.01. The fourth-order valence-corrected chi connectivity index (χ4v) is 7.14. The molecule has 7 aromatic rings. The summed E-state index contributed by atoms with van der Waals surface area (Å²) in [6.07, 6.45) is 12.3. The molecule has 0 radical (unpaired) electrons. The second-order valence-electron chi connectivity index (χ2n) is 13.5. The maximum absolute atomic E-state index is 6.72. The zero-order valence-corrected chi connectivity index (χ0v) is 29.4. The summed E-state index contributed by atoms with van der Waals surface area (Å²) in [6, 6.07) is 32.5. The van der Waals surface area contributed by atoms with E-state index in [4.69, 9.17) is 14.8 Å². The maximum Gasteiger partial charge on any atom is 0.137 e. The van der Waals surface area contributed by atoms with Crippen molar-refractivity contribution in [2.45, 2.75) is 73.1 Å². The zero-order valence-electron chi connectivity index (χ0n) is 29.4. The second-order valence-corrected chi connectivity index (χ2v) is 13.5. The number of aryl methyl sites for hydroxylation is 3. The number of rotatable bonds is 12. The van der Waals surface area contributed by atoms with E-state index < -0.39 is 0 Å². The summed E-state index contributed by atoms with van der Waals surface area (Å²) in [5, 5.41) is 7.25. The summed E-state index contributed by atoms with van der Waals surface area (Å²) >= 11 is 0. The van der Waals surface area contributed by atoms with Crippen LogP contribution in [0.15, 0.2) is 110 Å². The monoisotopic (exact) mass is 646 g/mol. The average molecular weight is 647 g/mol. The fourth-order valence-electron chi connectivity index (χ4n) is 7.14. The first-order valence-electron chi connectivity index (χ1n) is 17.9. The van der Waals surface area contributed by atoms with Crippen LogP contribution in [0.2, 0.25) is 0 Å². The summed E-state index contributed by atoms with van der Waals surface area (Å²) in [7, 11) is 0. The van der Waals surface area contributed by atoms with Gasteiger partial charge in [0, 0.05) is 40.9 Å². The Balaban J connectivity index is 1.29. The Morgan fingerprint density at radius 2 is 1.53 bits per heavy atom. The smallest absolute Gasteiger partial charge is 0.137 e. The van der Waals surface area contributed by atoms with E-state index in [-0.39, 0.29) is 0 Å². The van der Waals surface area contributed by atoms with Gasteiger partial charge in [0.25, 0.3) is 0 Å². The van der Waals surface area contributed by atoms with Crippen LogP contribution in [-0.2, 0) is 25.7 Å². The van der Waals surface area contributed by atoms with Crippen molar-refractivity contribution in [2.24, 2.45) is 5.92 Å². The third kappa shape index (κ3) is 6.63. The third-order valence-electron chi connectivity index (χ3n) is 9.47. The van der Waals surface area contributed by atoms with Gasteiger partial charge in [-0.3, -0.25) is 4.57 Å². The minimum atomic E-state index is 0.570. The van der Waals surface area contributed by atoms with Crippen molar-refractivity contribution >= 4 is 21.8 Å². The lowest BCUT2D eigenvalue weighted by Gasteiger charge is -2.13. The van der Waals surface area contributed by atoms with Crippen LogP contribution in [0.25, 0.3) is 44.4 Å². The van der Waals surface area contributed by atoms with Gasteiger partial charge in [0.1, 0.15) is 17.3 Å². The molecule has 4 aromatic carbocycles. The Morgan fingerprint density at radius 3 is 2.31 bits per heavy atom. The highest BCUT2D eigenvalue weighted by Gasteiger charge is 2.16. The minimum absolute atomic E-state index is 0.570. The number of pyridine rings is 1.